The molecule has 0 atom stereocenters. The molecular formula is C33H44F2N8O4. The van der Waals surface area contributed by atoms with E-state index in [9.17, 15) is 18.4 Å². The van der Waals surface area contributed by atoms with Crippen molar-refractivity contribution in [1.29, 1.82) is 0 Å². The van der Waals surface area contributed by atoms with Crippen LogP contribution in [0, 0.1) is 5.92 Å². The molecule has 2 aliphatic heterocycles. The van der Waals surface area contributed by atoms with Crippen LogP contribution in [0.5, 0.6) is 0 Å². The van der Waals surface area contributed by atoms with Crippen LogP contribution in [-0.4, -0.2) is 93.5 Å². The lowest BCUT2D eigenvalue weighted by Crippen LogP contribution is -2.47. The number of ether oxygens (including phenoxy) is 2. The minimum absolute atomic E-state index is 0.0406. The van der Waals surface area contributed by atoms with Crippen LogP contribution >= 0.6 is 0 Å². The minimum Gasteiger partial charge on any atom is -0.444 e. The van der Waals surface area contributed by atoms with Gasteiger partial charge in [0.05, 0.1) is 24.2 Å². The monoisotopic (exact) mass is 654 g/mol. The SMILES string of the molecule is CC(C)(C)OC(=O)N1CCC(C(=O)NC2CCC(Nc3nc(N4CCOCC4)cc(-n4c(C(F)F)nc5ccccc54)n3)CC2)CC1. The second kappa shape index (κ2) is 14.0. The zero-order chi connectivity index (χ0) is 33.1. The van der Waals surface area contributed by atoms with Gasteiger partial charge in [0.2, 0.25) is 11.9 Å². The molecule has 254 valence electrons. The normalized spacial score (nSPS) is 21.2. The van der Waals surface area contributed by atoms with Crippen LogP contribution in [0.3, 0.4) is 0 Å². The highest BCUT2D eigenvalue weighted by Gasteiger charge is 2.32. The Kier molecular flexibility index (Phi) is 9.76. The number of carbonyl (C=O) groups excluding carboxylic acids is 2. The van der Waals surface area contributed by atoms with Crippen LogP contribution in [-0.2, 0) is 14.3 Å². The molecule has 1 saturated carbocycles. The molecule has 14 heteroatoms. The highest BCUT2D eigenvalue weighted by molar-refractivity contribution is 5.80. The summed E-state index contributed by atoms with van der Waals surface area (Å²) >= 11 is 0. The van der Waals surface area contributed by atoms with Gasteiger partial charge in [-0.1, -0.05) is 12.1 Å². The van der Waals surface area contributed by atoms with Gasteiger partial charge in [0.15, 0.2) is 5.82 Å². The first-order valence-electron chi connectivity index (χ1n) is 16.6. The molecule has 0 spiro atoms. The average molecular weight is 655 g/mol. The van der Waals surface area contributed by atoms with Gasteiger partial charge in [-0.25, -0.2) is 18.6 Å². The molecule has 6 rings (SSSR count). The maximum Gasteiger partial charge on any atom is 0.410 e. The molecule has 47 heavy (non-hydrogen) atoms. The van der Waals surface area contributed by atoms with Crippen molar-refractivity contribution in [3.8, 4) is 5.82 Å². The lowest BCUT2D eigenvalue weighted by atomic mass is 9.90. The van der Waals surface area contributed by atoms with Crippen molar-refractivity contribution < 1.29 is 27.8 Å². The second-order valence-electron chi connectivity index (χ2n) is 13.5. The molecule has 0 unspecified atom stereocenters. The standard InChI is InChI=1S/C33H44F2N8O4/c1-33(2,3)47-32(45)42-14-12-21(13-15-42)30(44)36-22-8-10-23(11-9-22)37-31-39-26(41-16-18-46-19-17-41)20-27(40-31)43-25-7-5-4-6-24(25)38-29(43)28(34)35/h4-7,20-23,28H,8-19H2,1-3H3,(H,36,44)(H,37,39,40). The number of amides is 2. The van der Waals surface area contributed by atoms with E-state index in [1.54, 1.807) is 35.2 Å². The predicted octanol–water partition coefficient (Wildman–Crippen LogP) is 5.08. The molecule has 2 saturated heterocycles. The zero-order valence-electron chi connectivity index (χ0n) is 27.3. The molecule has 3 aromatic rings. The summed E-state index contributed by atoms with van der Waals surface area (Å²) in [4.78, 5) is 43.0. The van der Waals surface area contributed by atoms with E-state index in [0.29, 0.717) is 80.9 Å². The number of halogens is 2. The topological polar surface area (TPSA) is 127 Å². The van der Waals surface area contributed by atoms with Crippen LogP contribution in [0.4, 0.5) is 25.3 Å². The second-order valence-corrected chi connectivity index (χ2v) is 13.5. The van der Waals surface area contributed by atoms with Crippen molar-refractivity contribution in [1.82, 2.24) is 29.7 Å². The number of likely N-dealkylation sites (tertiary alicyclic amines) is 1. The highest BCUT2D eigenvalue weighted by atomic mass is 19.3. The molecule has 4 heterocycles. The lowest BCUT2D eigenvalue weighted by molar-refractivity contribution is -0.127. The predicted molar refractivity (Wildman–Crippen MR) is 173 cm³/mol. The summed E-state index contributed by atoms with van der Waals surface area (Å²) in [7, 11) is 0. The lowest BCUT2D eigenvalue weighted by Gasteiger charge is -2.34. The van der Waals surface area contributed by atoms with Gasteiger partial charge in [-0.15, -0.1) is 0 Å². The number of imidazole rings is 1. The Labute approximate surface area is 273 Å². The molecule has 3 aliphatic rings. The Morgan fingerprint density at radius 2 is 1.57 bits per heavy atom. The summed E-state index contributed by atoms with van der Waals surface area (Å²) < 4.78 is 40.8. The van der Waals surface area contributed by atoms with Crippen LogP contribution in [0.25, 0.3) is 16.9 Å². The summed E-state index contributed by atoms with van der Waals surface area (Å²) in [5.74, 6) is 0.876. The number of benzene rings is 1. The van der Waals surface area contributed by atoms with E-state index in [1.807, 2.05) is 20.8 Å². The molecule has 1 aliphatic carbocycles. The summed E-state index contributed by atoms with van der Waals surface area (Å²) in [6.07, 6.45) is 1.26. The van der Waals surface area contributed by atoms with E-state index in [-0.39, 0.29) is 35.8 Å². The molecule has 0 radical (unpaired) electrons. The van der Waals surface area contributed by atoms with Crippen molar-refractivity contribution >= 4 is 34.8 Å². The number of anilines is 2. The summed E-state index contributed by atoms with van der Waals surface area (Å²) in [5.41, 5.74) is 0.469. The average Bonchev–Trinajstić information content (AvgIpc) is 3.46. The van der Waals surface area contributed by atoms with E-state index < -0.39 is 12.0 Å². The third-order valence-electron chi connectivity index (χ3n) is 8.97. The largest absolute Gasteiger partial charge is 0.444 e. The number of hydrogen-bond acceptors (Lipinski definition) is 9. The number of aromatic nitrogens is 4. The molecule has 0 bridgehead atoms. The first-order valence-corrected chi connectivity index (χ1v) is 16.6. The van der Waals surface area contributed by atoms with Gasteiger partial charge in [-0.05, 0) is 71.4 Å². The fourth-order valence-corrected chi connectivity index (χ4v) is 6.52. The number of para-hydroxylation sites is 2. The van der Waals surface area contributed by atoms with Crippen LogP contribution in [0.2, 0.25) is 0 Å². The van der Waals surface area contributed by atoms with E-state index in [4.69, 9.17) is 19.4 Å². The number of morpholine rings is 1. The zero-order valence-corrected chi connectivity index (χ0v) is 27.3. The van der Waals surface area contributed by atoms with Gasteiger partial charge in [-0.3, -0.25) is 9.36 Å². The molecule has 2 amide bonds. The third kappa shape index (κ3) is 7.91. The van der Waals surface area contributed by atoms with Crippen molar-refractivity contribution in [3.63, 3.8) is 0 Å². The minimum atomic E-state index is -2.79. The molecule has 1 aromatic carbocycles. The van der Waals surface area contributed by atoms with E-state index in [2.05, 4.69) is 20.5 Å². The Bertz CT molecular complexity index is 1560. The van der Waals surface area contributed by atoms with E-state index >= 15 is 0 Å². The summed E-state index contributed by atoms with van der Waals surface area (Å²) in [6.45, 7) is 8.91. The number of piperidine rings is 1. The Morgan fingerprint density at radius 3 is 2.26 bits per heavy atom. The fourth-order valence-electron chi connectivity index (χ4n) is 6.52. The number of rotatable bonds is 7. The van der Waals surface area contributed by atoms with Gasteiger partial charge < -0.3 is 29.9 Å². The maximum atomic E-state index is 14.2. The van der Waals surface area contributed by atoms with Crippen LogP contribution in [0.1, 0.15) is 71.5 Å². The summed E-state index contributed by atoms with van der Waals surface area (Å²) in [6, 6.07) is 8.90. The fraction of sp³-hybridized carbons (Fsp3) is 0.606. The number of fused-ring (bicyclic) bond motifs is 1. The Hall–Kier alpha value is -4.07. The number of carbonyl (C=O) groups is 2. The van der Waals surface area contributed by atoms with Crippen molar-refractivity contribution in [3.05, 3.63) is 36.2 Å². The van der Waals surface area contributed by atoms with Gasteiger partial charge in [0.1, 0.15) is 17.2 Å². The molecule has 2 N–H and O–H groups in total. The molecular weight excluding hydrogens is 610 g/mol. The Morgan fingerprint density at radius 1 is 0.915 bits per heavy atom. The van der Waals surface area contributed by atoms with Crippen molar-refractivity contribution in [2.24, 2.45) is 5.92 Å². The number of hydrogen-bond donors (Lipinski definition) is 2. The first kappa shape index (κ1) is 32.9. The number of nitrogens with one attached hydrogen (secondary N) is 2. The van der Waals surface area contributed by atoms with Crippen molar-refractivity contribution in [2.75, 3.05) is 49.6 Å². The number of alkyl halides is 2. The smallest absolute Gasteiger partial charge is 0.410 e. The molecule has 12 nitrogen and oxygen atoms in total. The quantitative estimate of drug-likeness (QED) is 0.359. The van der Waals surface area contributed by atoms with Crippen LogP contribution < -0.4 is 15.5 Å². The maximum absolute atomic E-state index is 14.2. The highest BCUT2D eigenvalue weighted by Crippen LogP contribution is 2.30. The van der Waals surface area contributed by atoms with Gasteiger partial charge in [0.25, 0.3) is 6.43 Å². The third-order valence-corrected chi connectivity index (χ3v) is 8.97. The number of nitrogens with zero attached hydrogens (tertiary/aromatic N) is 6. The van der Waals surface area contributed by atoms with E-state index in [1.165, 1.54) is 4.57 Å². The molecule has 2 aromatic heterocycles. The van der Waals surface area contributed by atoms with Gasteiger partial charge in [0, 0.05) is 50.2 Å². The Balaban J connectivity index is 1.10. The summed E-state index contributed by atoms with van der Waals surface area (Å²) in [5, 5.41) is 6.70. The van der Waals surface area contributed by atoms with Crippen molar-refractivity contribution in [2.45, 2.75) is 83.4 Å². The first-order chi connectivity index (χ1) is 22.5. The van der Waals surface area contributed by atoms with Gasteiger partial charge >= 0.3 is 6.09 Å². The van der Waals surface area contributed by atoms with E-state index in [0.717, 1.165) is 25.7 Å². The van der Waals surface area contributed by atoms with Gasteiger partial charge in [-0.2, -0.15) is 9.97 Å². The molecule has 3 fully saturated rings. The van der Waals surface area contributed by atoms with Crippen LogP contribution in [0.15, 0.2) is 30.3 Å².